The fourth-order valence-corrected chi connectivity index (χ4v) is 5.62. The summed E-state index contributed by atoms with van der Waals surface area (Å²) in [5, 5.41) is 0. The monoisotopic (exact) mass is 426 g/mol. The molecule has 2 aromatic carbocycles. The van der Waals surface area contributed by atoms with Crippen LogP contribution in [0.25, 0.3) is 11.1 Å². The number of aliphatic imine (C=N–C) groups is 1. The van der Waals surface area contributed by atoms with E-state index in [0.29, 0.717) is 13.1 Å². The molecule has 0 aromatic heterocycles. The molecule has 2 aromatic rings. The summed E-state index contributed by atoms with van der Waals surface area (Å²) in [4.78, 5) is 10.3. The first kappa shape index (κ1) is 19.8. The largest absolute Gasteiger partial charge is 0.588 e. The van der Waals surface area contributed by atoms with Gasteiger partial charge in [0.25, 0.3) is 0 Å². The second kappa shape index (κ2) is 8.57. The summed E-state index contributed by atoms with van der Waals surface area (Å²) in [5.41, 5.74) is 1.73. The molecule has 0 amide bonds. The zero-order chi connectivity index (χ0) is 20.5. The predicted molar refractivity (Wildman–Crippen MR) is 118 cm³/mol. The molecule has 3 aliphatic rings. The van der Waals surface area contributed by atoms with E-state index in [4.69, 9.17) is 0 Å². The first-order valence-electron chi connectivity index (χ1n) is 10.8. The number of rotatable bonds is 4. The minimum Gasteiger partial charge on any atom is -0.588 e. The Labute approximate surface area is 180 Å². The molecule has 30 heavy (non-hydrogen) atoms. The lowest BCUT2D eigenvalue weighted by atomic mass is 9.91. The van der Waals surface area contributed by atoms with E-state index in [1.165, 1.54) is 31.4 Å². The minimum atomic E-state index is -1.29. The minimum absolute atomic E-state index is 0.254. The Balaban J connectivity index is 1.25. The molecule has 0 radical (unpaired) electrons. The van der Waals surface area contributed by atoms with Crippen molar-refractivity contribution in [2.45, 2.75) is 30.2 Å². The lowest BCUT2D eigenvalue weighted by molar-refractivity contribution is 0.0833. The molecule has 2 aliphatic heterocycles. The van der Waals surface area contributed by atoms with Gasteiger partial charge in [0.15, 0.2) is 4.90 Å². The third-order valence-corrected chi connectivity index (χ3v) is 7.80. The highest BCUT2D eigenvalue weighted by molar-refractivity contribution is 7.89. The van der Waals surface area contributed by atoms with Gasteiger partial charge in [-0.25, -0.2) is 9.38 Å². The Morgan fingerprint density at radius 1 is 0.933 bits per heavy atom. The van der Waals surface area contributed by atoms with Gasteiger partial charge in [0.05, 0.1) is 13.1 Å². The average molecular weight is 427 g/mol. The Bertz CT molecular complexity index is 910. The molecule has 1 unspecified atom stereocenters. The van der Waals surface area contributed by atoms with Crippen LogP contribution < -0.4 is 0 Å². The molecular formula is C23H27FN4OS. The fourth-order valence-electron chi connectivity index (χ4n) is 4.43. The van der Waals surface area contributed by atoms with E-state index in [-0.39, 0.29) is 5.82 Å². The lowest BCUT2D eigenvalue weighted by Crippen LogP contribution is -2.56. The zero-order valence-electron chi connectivity index (χ0n) is 17.0. The number of halogens is 1. The Morgan fingerprint density at radius 3 is 2.37 bits per heavy atom. The number of nitrogens with zero attached hydrogens (tertiary/aromatic N) is 4. The topological polar surface area (TPSA) is 45.1 Å². The van der Waals surface area contributed by atoms with Gasteiger partial charge in [-0.05, 0) is 60.4 Å². The Kier molecular flexibility index (Phi) is 5.67. The fraction of sp³-hybridized carbons (Fsp3) is 0.435. The molecule has 7 heteroatoms. The van der Waals surface area contributed by atoms with Gasteiger partial charge in [-0.2, -0.15) is 4.31 Å². The third kappa shape index (κ3) is 3.94. The van der Waals surface area contributed by atoms with E-state index >= 15 is 0 Å². The van der Waals surface area contributed by atoms with E-state index in [1.54, 1.807) is 6.07 Å². The Morgan fingerprint density at radius 2 is 1.70 bits per heavy atom. The maximum atomic E-state index is 13.5. The number of piperazine rings is 1. The lowest BCUT2D eigenvalue weighted by Gasteiger charge is -2.43. The van der Waals surface area contributed by atoms with Gasteiger partial charge in [0.2, 0.25) is 5.96 Å². The van der Waals surface area contributed by atoms with Gasteiger partial charge in [0, 0.05) is 32.2 Å². The van der Waals surface area contributed by atoms with Crippen LogP contribution in [0.4, 0.5) is 4.39 Å². The summed E-state index contributed by atoms with van der Waals surface area (Å²) in [6.45, 7) is 5.38. The number of hydrogen-bond donors (Lipinski definition) is 0. The second-order valence-electron chi connectivity index (χ2n) is 8.18. The van der Waals surface area contributed by atoms with Crippen molar-refractivity contribution in [1.29, 1.82) is 0 Å². The molecule has 2 fully saturated rings. The van der Waals surface area contributed by atoms with Crippen molar-refractivity contribution in [3.8, 4) is 11.1 Å². The van der Waals surface area contributed by atoms with Crippen LogP contribution in [0, 0.1) is 5.82 Å². The van der Waals surface area contributed by atoms with E-state index < -0.39 is 11.4 Å². The highest BCUT2D eigenvalue weighted by Gasteiger charge is 2.36. The van der Waals surface area contributed by atoms with Crippen LogP contribution in [-0.4, -0.2) is 69.9 Å². The maximum Gasteiger partial charge on any atom is 0.240 e. The van der Waals surface area contributed by atoms with Crippen molar-refractivity contribution >= 4 is 17.3 Å². The van der Waals surface area contributed by atoms with E-state index in [0.717, 1.165) is 54.2 Å². The summed E-state index contributed by atoms with van der Waals surface area (Å²) < 4.78 is 28.7. The second-order valence-corrected chi connectivity index (χ2v) is 9.59. The maximum absolute atomic E-state index is 13.5. The van der Waals surface area contributed by atoms with Crippen molar-refractivity contribution in [3.05, 3.63) is 54.3 Å². The highest BCUT2D eigenvalue weighted by Crippen LogP contribution is 2.28. The van der Waals surface area contributed by atoms with Crippen molar-refractivity contribution in [2.24, 2.45) is 4.99 Å². The van der Waals surface area contributed by atoms with Crippen LogP contribution in [0.5, 0.6) is 0 Å². The summed E-state index contributed by atoms with van der Waals surface area (Å²) in [7, 11) is 0. The van der Waals surface area contributed by atoms with Gasteiger partial charge in [0.1, 0.15) is 17.2 Å². The number of guanidine groups is 1. The smallest absolute Gasteiger partial charge is 0.240 e. The van der Waals surface area contributed by atoms with E-state index in [9.17, 15) is 8.94 Å². The van der Waals surface area contributed by atoms with Crippen molar-refractivity contribution in [2.75, 3.05) is 39.3 Å². The van der Waals surface area contributed by atoms with Crippen LogP contribution in [0.1, 0.15) is 19.3 Å². The summed E-state index contributed by atoms with van der Waals surface area (Å²) in [6, 6.07) is 14.9. The molecule has 5 nitrogen and oxygen atoms in total. The van der Waals surface area contributed by atoms with Crippen molar-refractivity contribution in [1.82, 2.24) is 14.1 Å². The van der Waals surface area contributed by atoms with Crippen molar-refractivity contribution < 1.29 is 8.94 Å². The standard InChI is InChI=1S/C23H27FN4OS/c24-20-4-1-3-19(17-20)18-7-9-22(10-8-18)30(29)28-12-11-25-23(28)27-15-13-26(14-16-27)21-5-2-6-21/h1,3-4,7-10,17,21H,2,5-6,11-16H2. The molecule has 1 aliphatic carbocycles. The zero-order valence-corrected chi connectivity index (χ0v) is 17.9. The predicted octanol–water partition coefficient (Wildman–Crippen LogP) is 3.36. The molecule has 2 heterocycles. The summed E-state index contributed by atoms with van der Waals surface area (Å²) >= 11 is -1.29. The molecular weight excluding hydrogens is 399 g/mol. The summed E-state index contributed by atoms with van der Waals surface area (Å²) in [6.07, 6.45) is 4.04. The van der Waals surface area contributed by atoms with Gasteiger partial charge < -0.3 is 9.45 Å². The van der Waals surface area contributed by atoms with Crippen LogP contribution in [0.2, 0.25) is 0 Å². The molecule has 1 saturated carbocycles. The van der Waals surface area contributed by atoms with Crippen LogP contribution in [0.15, 0.2) is 58.4 Å². The first-order chi connectivity index (χ1) is 14.7. The van der Waals surface area contributed by atoms with E-state index in [2.05, 4.69) is 14.8 Å². The average Bonchev–Trinajstić information content (AvgIpc) is 3.23. The number of benzene rings is 2. The van der Waals surface area contributed by atoms with Gasteiger partial charge >= 0.3 is 0 Å². The molecule has 0 N–H and O–H groups in total. The third-order valence-electron chi connectivity index (χ3n) is 6.38. The molecule has 0 spiro atoms. The van der Waals surface area contributed by atoms with Crippen LogP contribution >= 0.6 is 0 Å². The molecule has 0 bridgehead atoms. The van der Waals surface area contributed by atoms with Crippen molar-refractivity contribution in [3.63, 3.8) is 0 Å². The van der Waals surface area contributed by atoms with Gasteiger partial charge in [-0.15, -0.1) is 0 Å². The first-order valence-corrected chi connectivity index (χ1v) is 11.9. The normalized spacial score (nSPS) is 21.5. The molecule has 1 atom stereocenters. The summed E-state index contributed by atoms with van der Waals surface area (Å²) in [5.74, 6) is 0.617. The van der Waals surface area contributed by atoms with Crippen LogP contribution in [-0.2, 0) is 11.4 Å². The highest BCUT2D eigenvalue weighted by atomic mass is 32.2. The van der Waals surface area contributed by atoms with E-state index in [1.807, 2.05) is 34.6 Å². The van der Waals surface area contributed by atoms with Gasteiger partial charge in [-0.1, -0.05) is 18.6 Å². The SMILES string of the molecule is [O-][S+](c1ccc(-c2cccc(F)c2)cc1)N1CCN=C1N1CCN(C2CCC2)CC1. The Hall–Kier alpha value is -2.09. The molecule has 5 rings (SSSR count). The number of hydrogen-bond acceptors (Lipinski definition) is 5. The molecule has 1 saturated heterocycles. The molecule has 158 valence electrons. The van der Waals surface area contributed by atoms with Crippen LogP contribution in [0.3, 0.4) is 0 Å². The quantitative estimate of drug-likeness (QED) is 0.704. The van der Waals surface area contributed by atoms with Gasteiger partial charge in [-0.3, -0.25) is 4.90 Å².